The van der Waals surface area contributed by atoms with Crippen LogP contribution >= 0.6 is 0 Å². The Hall–Kier alpha value is -2.29. The van der Waals surface area contributed by atoms with Gasteiger partial charge in [-0.15, -0.1) is 0 Å². The van der Waals surface area contributed by atoms with Gasteiger partial charge in [0.15, 0.2) is 0 Å². The minimum atomic E-state index is 0.00946. The maximum Gasteiger partial charge on any atom is 0.328 e. The first-order chi connectivity index (χ1) is 8.68. The third kappa shape index (κ3) is 1.48. The molecular formula is C15H14N2O. The summed E-state index contributed by atoms with van der Waals surface area (Å²) in [6.07, 6.45) is 0. The third-order valence-corrected chi connectivity index (χ3v) is 3.38. The van der Waals surface area contributed by atoms with Gasteiger partial charge < -0.3 is 0 Å². The van der Waals surface area contributed by atoms with E-state index in [-0.39, 0.29) is 5.69 Å². The van der Waals surface area contributed by atoms with E-state index in [0.717, 1.165) is 22.2 Å². The van der Waals surface area contributed by atoms with Gasteiger partial charge in [0.05, 0.1) is 11.0 Å². The lowest BCUT2D eigenvalue weighted by molar-refractivity contribution is 0.795. The van der Waals surface area contributed by atoms with Gasteiger partial charge in [-0.25, -0.2) is 4.79 Å². The van der Waals surface area contributed by atoms with E-state index in [9.17, 15) is 4.79 Å². The van der Waals surface area contributed by atoms with Crippen LogP contribution in [0.15, 0.2) is 53.3 Å². The van der Waals surface area contributed by atoms with Crippen molar-refractivity contribution < 1.29 is 0 Å². The predicted molar refractivity (Wildman–Crippen MR) is 73.6 cm³/mol. The molecule has 0 unspecified atom stereocenters. The van der Waals surface area contributed by atoms with Gasteiger partial charge in [0.2, 0.25) is 0 Å². The average molecular weight is 238 g/mol. The fraction of sp³-hybridized carbons (Fsp3) is 0.133. The fourth-order valence-corrected chi connectivity index (χ4v) is 2.32. The van der Waals surface area contributed by atoms with Gasteiger partial charge in [-0.3, -0.25) is 9.13 Å². The molecule has 90 valence electrons. The summed E-state index contributed by atoms with van der Waals surface area (Å²) in [5, 5.41) is 0. The van der Waals surface area contributed by atoms with Crippen LogP contribution in [-0.4, -0.2) is 9.13 Å². The number of hydrogen-bond acceptors (Lipinski definition) is 1. The average Bonchev–Trinajstić information content (AvgIpc) is 2.65. The fourth-order valence-electron chi connectivity index (χ4n) is 2.32. The Morgan fingerprint density at radius 1 is 0.778 bits per heavy atom. The second-order valence-corrected chi connectivity index (χ2v) is 4.47. The van der Waals surface area contributed by atoms with Gasteiger partial charge in [0.25, 0.3) is 0 Å². The molecule has 3 nitrogen and oxygen atoms in total. The van der Waals surface area contributed by atoms with E-state index in [1.165, 1.54) is 0 Å². The molecule has 3 heteroatoms. The van der Waals surface area contributed by atoms with E-state index < -0.39 is 0 Å². The molecule has 0 aliphatic heterocycles. The van der Waals surface area contributed by atoms with Crippen molar-refractivity contribution in [3.63, 3.8) is 0 Å². The van der Waals surface area contributed by atoms with Crippen molar-refractivity contribution in [3.8, 4) is 11.1 Å². The molecule has 0 aliphatic rings. The predicted octanol–water partition coefficient (Wildman–Crippen LogP) is 2.54. The summed E-state index contributed by atoms with van der Waals surface area (Å²) in [6, 6.07) is 16.3. The summed E-state index contributed by atoms with van der Waals surface area (Å²) >= 11 is 0. The van der Waals surface area contributed by atoms with Crippen LogP contribution in [0, 0.1) is 0 Å². The van der Waals surface area contributed by atoms with Crippen LogP contribution in [0.25, 0.3) is 22.2 Å². The maximum atomic E-state index is 11.9. The molecule has 3 rings (SSSR count). The van der Waals surface area contributed by atoms with Gasteiger partial charge >= 0.3 is 5.69 Å². The summed E-state index contributed by atoms with van der Waals surface area (Å²) in [4.78, 5) is 11.9. The van der Waals surface area contributed by atoms with E-state index in [0.29, 0.717) is 0 Å². The van der Waals surface area contributed by atoms with Crippen molar-refractivity contribution in [2.45, 2.75) is 0 Å². The van der Waals surface area contributed by atoms with E-state index >= 15 is 0 Å². The first-order valence-electron chi connectivity index (χ1n) is 5.89. The second-order valence-electron chi connectivity index (χ2n) is 4.47. The molecule has 0 saturated heterocycles. The Balaban J connectivity index is 2.30. The summed E-state index contributed by atoms with van der Waals surface area (Å²) in [5.74, 6) is 0. The molecule has 18 heavy (non-hydrogen) atoms. The summed E-state index contributed by atoms with van der Waals surface area (Å²) in [7, 11) is 3.60. The minimum absolute atomic E-state index is 0.00946. The van der Waals surface area contributed by atoms with Crippen molar-refractivity contribution >= 4 is 11.0 Å². The second kappa shape index (κ2) is 3.88. The molecule has 0 amide bonds. The van der Waals surface area contributed by atoms with Crippen LogP contribution in [-0.2, 0) is 14.1 Å². The quantitative estimate of drug-likeness (QED) is 0.640. The number of benzene rings is 2. The summed E-state index contributed by atoms with van der Waals surface area (Å²) in [6.45, 7) is 0. The number of rotatable bonds is 1. The van der Waals surface area contributed by atoms with E-state index in [1.54, 1.807) is 23.2 Å². The molecule has 0 saturated carbocycles. The van der Waals surface area contributed by atoms with Gasteiger partial charge in [0.1, 0.15) is 0 Å². The first-order valence-corrected chi connectivity index (χ1v) is 5.89. The van der Waals surface area contributed by atoms with Crippen LogP contribution in [0.4, 0.5) is 0 Å². The van der Waals surface area contributed by atoms with Gasteiger partial charge in [-0.05, 0) is 23.3 Å². The van der Waals surface area contributed by atoms with Crippen molar-refractivity contribution in [2.24, 2.45) is 14.1 Å². The molecular weight excluding hydrogens is 224 g/mol. The zero-order chi connectivity index (χ0) is 12.7. The molecule has 0 aliphatic carbocycles. The highest BCUT2D eigenvalue weighted by molar-refractivity contribution is 5.82. The lowest BCUT2D eigenvalue weighted by Crippen LogP contribution is -2.19. The van der Waals surface area contributed by atoms with Crippen molar-refractivity contribution in [3.05, 3.63) is 59.0 Å². The number of fused-ring (bicyclic) bond motifs is 1. The molecule has 3 aromatic rings. The van der Waals surface area contributed by atoms with Gasteiger partial charge in [-0.1, -0.05) is 36.4 Å². The molecule has 0 radical (unpaired) electrons. The highest BCUT2D eigenvalue weighted by Crippen LogP contribution is 2.23. The van der Waals surface area contributed by atoms with Crippen LogP contribution in [0.5, 0.6) is 0 Å². The number of hydrogen-bond donors (Lipinski definition) is 0. The maximum absolute atomic E-state index is 11.9. The van der Waals surface area contributed by atoms with Crippen molar-refractivity contribution in [1.82, 2.24) is 9.13 Å². The molecule has 0 fully saturated rings. The molecule has 0 N–H and O–H groups in total. The summed E-state index contributed by atoms with van der Waals surface area (Å²) < 4.78 is 3.35. The third-order valence-electron chi connectivity index (χ3n) is 3.38. The van der Waals surface area contributed by atoms with Gasteiger partial charge in [-0.2, -0.15) is 0 Å². The topological polar surface area (TPSA) is 26.9 Å². The normalized spacial score (nSPS) is 11.0. The zero-order valence-corrected chi connectivity index (χ0v) is 10.4. The van der Waals surface area contributed by atoms with Crippen LogP contribution in [0.2, 0.25) is 0 Å². The Labute approximate surface area is 105 Å². The number of aryl methyl sites for hydroxylation is 2. The molecule has 0 bridgehead atoms. The Morgan fingerprint density at radius 3 is 2.17 bits per heavy atom. The largest absolute Gasteiger partial charge is 0.328 e. The van der Waals surface area contributed by atoms with Crippen LogP contribution in [0.1, 0.15) is 0 Å². The van der Waals surface area contributed by atoms with Crippen LogP contribution < -0.4 is 5.69 Å². The molecule has 0 atom stereocenters. The van der Waals surface area contributed by atoms with E-state index in [1.807, 2.05) is 24.3 Å². The smallest absolute Gasteiger partial charge is 0.295 e. The molecule has 0 spiro atoms. The van der Waals surface area contributed by atoms with Crippen molar-refractivity contribution in [2.75, 3.05) is 0 Å². The first kappa shape index (κ1) is 10.8. The molecule has 1 heterocycles. The standard InChI is InChI=1S/C15H14N2O/c1-16-13-9-8-12(11-6-4-3-5-7-11)10-14(13)17(2)15(16)18/h3-10H,1-2H3. The van der Waals surface area contributed by atoms with E-state index in [4.69, 9.17) is 0 Å². The number of imidazole rings is 1. The molecule has 2 aromatic carbocycles. The zero-order valence-electron chi connectivity index (χ0n) is 10.4. The lowest BCUT2D eigenvalue weighted by atomic mass is 10.1. The highest BCUT2D eigenvalue weighted by Gasteiger charge is 2.08. The summed E-state index contributed by atoms with van der Waals surface area (Å²) in [5.41, 5.74) is 4.22. The minimum Gasteiger partial charge on any atom is -0.295 e. The number of aromatic nitrogens is 2. The Kier molecular flexibility index (Phi) is 2.33. The van der Waals surface area contributed by atoms with Gasteiger partial charge in [0, 0.05) is 14.1 Å². The SMILES string of the molecule is Cn1c(=O)n(C)c2cc(-c3ccccc3)ccc21. The van der Waals surface area contributed by atoms with Crippen LogP contribution in [0.3, 0.4) is 0 Å². The van der Waals surface area contributed by atoms with E-state index in [2.05, 4.69) is 24.3 Å². The number of nitrogens with zero attached hydrogens (tertiary/aromatic N) is 2. The van der Waals surface area contributed by atoms with Crippen molar-refractivity contribution in [1.29, 1.82) is 0 Å². The highest BCUT2D eigenvalue weighted by atomic mass is 16.1. The lowest BCUT2D eigenvalue weighted by Gasteiger charge is -2.02. The Bertz CT molecular complexity index is 766. The molecule has 1 aromatic heterocycles. The Morgan fingerprint density at radius 2 is 1.44 bits per heavy atom. The monoisotopic (exact) mass is 238 g/mol.